The summed E-state index contributed by atoms with van der Waals surface area (Å²) in [6.45, 7) is 4.08. The molecule has 2 nitrogen and oxygen atoms in total. The van der Waals surface area contributed by atoms with Crippen molar-refractivity contribution >= 4 is 0 Å². The Morgan fingerprint density at radius 3 is 2.55 bits per heavy atom. The molecule has 0 aliphatic rings. The van der Waals surface area contributed by atoms with Gasteiger partial charge in [-0.25, -0.2) is 0 Å². The first-order valence-corrected chi connectivity index (χ1v) is 3.88. The van der Waals surface area contributed by atoms with Crippen LogP contribution in [0, 0.1) is 0 Å². The maximum absolute atomic E-state index is 5.88. The first-order chi connectivity index (χ1) is 4.99. The number of nitrogens with zero attached hydrogens (tertiary/aromatic N) is 1. The van der Waals surface area contributed by atoms with Gasteiger partial charge in [0.25, 0.3) is 0 Å². The fourth-order valence-corrected chi connectivity index (χ4v) is 1.15. The molecule has 0 aromatic carbocycles. The van der Waals surface area contributed by atoms with Crippen molar-refractivity contribution in [1.29, 1.82) is 0 Å². The van der Waals surface area contributed by atoms with E-state index in [1.807, 2.05) is 33.2 Å². The SMILES string of the molecule is Cn1cccc1CC(C)(C)N. The lowest BCUT2D eigenvalue weighted by molar-refractivity contribution is 0.502. The zero-order valence-electron chi connectivity index (χ0n) is 7.46. The summed E-state index contributed by atoms with van der Waals surface area (Å²) in [5, 5.41) is 0. The Hall–Kier alpha value is -0.760. The highest BCUT2D eigenvalue weighted by Gasteiger charge is 2.12. The lowest BCUT2D eigenvalue weighted by Crippen LogP contribution is -2.35. The Bertz CT molecular complexity index is 230. The van der Waals surface area contributed by atoms with Crippen LogP contribution in [-0.4, -0.2) is 10.1 Å². The average Bonchev–Trinajstić information content (AvgIpc) is 2.12. The van der Waals surface area contributed by atoms with Crippen LogP contribution in [0.4, 0.5) is 0 Å². The highest BCUT2D eigenvalue weighted by atomic mass is 14.9. The minimum atomic E-state index is -0.105. The van der Waals surface area contributed by atoms with Crippen LogP contribution in [0.1, 0.15) is 19.5 Å². The molecule has 0 unspecified atom stereocenters. The lowest BCUT2D eigenvalue weighted by Gasteiger charge is -2.18. The minimum Gasteiger partial charge on any atom is -0.354 e. The molecular formula is C9H16N2. The van der Waals surface area contributed by atoms with E-state index in [-0.39, 0.29) is 5.54 Å². The van der Waals surface area contributed by atoms with E-state index < -0.39 is 0 Å². The third-order valence-electron chi connectivity index (χ3n) is 1.69. The number of aryl methyl sites for hydroxylation is 1. The Morgan fingerprint density at radius 1 is 1.55 bits per heavy atom. The zero-order chi connectivity index (χ0) is 8.48. The summed E-state index contributed by atoms with van der Waals surface area (Å²) < 4.78 is 2.11. The molecule has 1 heterocycles. The smallest absolute Gasteiger partial charge is 0.0189 e. The molecule has 0 saturated carbocycles. The third kappa shape index (κ3) is 2.39. The van der Waals surface area contributed by atoms with E-state index in [0.29, 0.717) is 0 Å². The second-order valence-corrected chi connectivity index (χ2v) is 3.78. The molecule has 1 aromatic rings. The van der Waals surface area contributed by atoms with Crippen molar-refractivity contribution in [1.82, 2.24) is 4.57 Å². The van der Waals surface area contributed by atoms with Crippen LogP contribution in [0.25, 0.3) is 0 Å². The van der Waals surface area contributed by atoms with Gasteiger partial charge in [0.2, 0.25) is 0 Å². The van der Waals surface area contributed by atoms with Gasteiger partial charge in [0.1, 0.15) is 0 Å². The third-order valence-corrected chi connectivity index (χ3v) is 1.69. The Balaban J connectivity index is 2.72. The quantitative estimate of drug-likeness (QED) is 0.680. The van der Waals surface area contributed by atoms with E-state index in [1.54, 1.807) is 0 Å². The van der Waals surface area contributed by atoms with E-state index in [0.717, 1.165) is 6.42 Å². The van der Waals surface area contributed by atoms with Crippen LogP contribution < -0.4 is 5.73 Å². The molecule has 11 heavy (non-hydrogen) atoms. The molecule has 0 saturated heterocycles. The molecule has 0 aliphatic heterocycles. The molecule has 0 spiro atoms. The summed E-state index contributed by atoms with van der Waals surface area (Å²) in [6, 6.07) is 4.15. The Kier molecular flexibility index (Phi) is 2.05. The van der Waals surface area contributed by atoms with Crippen molar-refractivity contribution in [3.63, 3.8) is 0 Å². The molecule has 0 radical (unpaired) electrons. The summed E-state index contributed by atoms with van der Waals surface area (Å²) in [6.07, 6.45) is 2.97. The van der Waals surface area contributed by atoms with Crippen molar-refractivity contribution in [3.05, 3.63) is 24.0 Å². The maximum atomic E-state index is 5.88. The second-order valence-electron chi connectivity index (χ2n) is 3.78. The largest absolute Gasteiger partial charge is 0.354 e. The molecule has 62 valence electrons. The molecule has 2 N–H and O–H groups in total. The van der Waals surface area contributed by atoms with Gasteiger partial charge >= 0.3 is 0 Å². The van der Waals surface area contributed by atoms with Crippen LogP contribution in [0.15, 0.2) is 18.3 Å². The predicted octanol–water partition coefficient (Wildman–Crippen LogP) is 1.30. The van der Waals surface area contributed by atoms with Gasteiger partial charge in [0.15, 0.2) is 0 Å². The van der Waals surface area contributed by atoms with Crippen molar-refractivity contribution < 1.29 is 0 Å². The van der Waals surface area contributed by atoms with Crippen LogP contribution in [0.5, 0.6) is 0 Å². The number of aromatic nitrogens is 1. The van der Waals surface area contributed by atoms with Gasteiger partial charge in [-0.15, -0.1) is 0 Å². The van der Waals surface area contributed by atoms with Gasteiger partial charge in [-0.1, -0.05) is 0 Å². The maximum Gasteiger partial charge on any atom is 0.0189 e. The first kappa shape index (κ1) is 8.34. The number of nitrogens with two attached hydrogens (primary N) is 1. The fraction of sp³-hybridized carbons (Fsp3) is 0.556. The monoisotopic (exact) mass is 152 g/mol. The van der Waals surface area contributed by atoms with Gasteiger partial charge in [-0.3, -0.25) is 0 Å². The van der Waals surface area contributed by atoms with Crippen molar-refractivity contribution in [2.45, 2.75) is 25.8 Å². The van der Waals surface area contributed by atoms with E-state index in [9.17, 15) is 0 Å². The standard InChI is InChI=1S/C9H16N2/c1-9(2,10)7-8-5-4-6-11(8)3/h4-6H,7,10H2,1-3H3. The fourth-order valence-electron chi connectivity index (χ4n) is 1.15. The molecular weight excluding hydrogens is 136 g/mol. The predicted molar refractivity (Wildman–Crippen MR) is 47.4 cm³/mol. The topological polar surface area (TPSA) is 30.9 Å². The van der Waals surface area contributed by atoms with Crippen molar-refractivity contribution in [2.75, 3.05) is 0 Å². The zero-order valence-corrected chi connectivity index (χ0v) is 7.46. The van der Waals surface area contributed by atoms with Crippen molar-refractivity contribution in [2.24, 2.45) is 12.8 Å². The number of hydrogen-bond donors (Lipinski definition) is 1. The summed E-state index contributed by atoms with van der Waals surface area (Å²) in [5.41, 5.74) is 7.07. The summed E-state index contributed by atoms with van der Waals surface area (Å²) in [4.78, 5) is 0. The van der Waals surface area contributed by atoms with Gasteiger partial charge in [0.05, 0.1) is 0 Å². The van der Waals surface area contributed by atoms with E-state index in [1.165, 1.54) is 5.69 Å². The van der Waals surface area contributed by atoms with Crippen LogP contribution >= 0.6 is 0 Å². The average molecular weight is 152 g/mol. The summed E-state index contributed by atoms with van der Waals surface area (Å²) in [7, 11) is 2.04. The molecule has 0 atom stereocenters. The van der Waals surface area contributed by atoms with E-state index in [4.69, 9.17) is 5.73 Å². The molecule has 0 bridgehead atoms. The molecule has 0 amide bonds. The highest BCUT2D eigenvalue weighted by Crippen LogP contribution is 2.09. The lowest BCUT2D eigenvalue weighted by atomic mass is 10.0. The number of rotatable bonds is 2. The molecule has 0 fully saturated rings. The van der Waals surface area contributed by atoms with Gasteiger partial charge in [-0.05, 0) is 26.0 Å². The number of hydrogen-bond acceptors (Lipinski definition) is 1. The molecule has 0 aliphatic carbocycles. The summed E-state index contributed by atoms with van der Waals surface area (Å²) in [5.74, 6) is 0. The van der Waals surface area contributed by atoms with Crippen LogP contribution in [0.3, 0.4) is 0 Å². The first-order valence-electron chi connectivity index (χ1n) is 3.88. The Labute approximate surface area is 68.0 Å². The highest BCUT2D eigenvalue weighted by molar-refractivity contribution is 5.09. The second kappa shape index (κ2) is 2.70. The van der Waals surface area contributed by atoms with Gasteiger partial charge in [-0.2, -0.15) is 0 Å². The van der Waals surface area contributed by atoms with Gasteiger partial charge in [0, 0.05) is 30.9 Å². The van der Waals surface area contributed by atoms with Gasteiger partial charge < -0.3 is 10.3 Å². The normalized spacial score (nSPS) is 12.0. The summed E-state index contributed by atoms with van der Waals surface area (Å²) >= 11 is 0. The minimum absolute atomic E-state index is 0.105. The Morgan fingerprint density at radius 2 is 2.18 bits per heavy atom. The molecule has 2 heteroatoms. The van der Waals surface area contributed by atoms with Crippen LogP contribution in [0.2, 0.25) is 0 Å². The molecule has 1 rings (SSSR count). The van der Waals surface area contributed by atoms with Crippen molar-refractivity contribution in [3.8, 4) is 0 Å². The van der Waals surface area contributed by atoms with E-state index in [2.05, 4.69) is 10.6 Å². The molecule has 1 aromatic heterocycles. The van der Waals surface area contributed by atoms with E-state index >= 15 is 0 Å². The van der Waals surface area contributed by atoms with Crippen LogP contribution in [-0.2, 0) is 13.5 Å².